The highest BCUT2D eigenvalue weighted by molar-refractivity contribution is 7.89. The van der Waals surface area contributed by atoms with Gasteiger partial charge in [-0.25, -0.2) is 8.42 Å². The molecule has 152 valence electrons. The monoisotopic (exact) mass is 420 g/mol. The molecule has 0 bridgehead atoms. The molecular formula is C22H20N4O3S. The van der Waals surface area contributed by atoms with Gasteiger partial charge < -0.3 is 4.90 Å². The van der Waals surface area contributed by atoms with Crippen LogP contribution in [0.15, 0.2) is 65.8 Å². The van der Waals surface area contributed by atoms with Crippen LogP contribution in [-0.2, 0) is 10.0 Å². The summed E-state index contributed by atoms with van der Waals surface area (Å²) in [6.07, 6.45) is 3.44. The second kappa shape index (κ2) is 7.86. The summed E-state index contributed by atoms with van der Waals surface area (Å²) in [5.74, 6) is -0.114. The number of hydrogen-bond donors (Lipinski definition) is 0. The number of amides is 1. The number of rotatable bonds is 3. The van der Waals surface area contributed by atoms with E-state index in [4.69, 9.17) is 5.26 Å². The van der Waals surface area contributed by atoms with Gasteiger partial charge in [-0.2, -0.15) is 9.57 Å². The van der Waals surface area contributed by atoms with Crippen LogP contribution in [0.3, 0.4) is 0 Å². The third-order valence-corrected chi connectivity index (χ3v) is 7.24. The second-order valence-corrected chi connectivity index (χ2v) is 9.22. The number of carbonyl (C=O) groups is 1. The van der Waals surface area contributed by atoms with Crippen LogP contribution in [-0.4, -0.2) is 54.2 Å². The molecule has 0 saturated carbocycles. The Morgan fingerprint density at radius 1 is 1.10 bits per heavy atom. The van der Waals surface area contributed by atoms with Gasteiger partial charge in [-0.15, -0.1) is 0 Å². The quantitative estimate of drug-likeness (QED) is 0.649. The largest absolute Gasteiger partial charge is 0.333 e. The van der Waals surface area contributed by atoms with Gasteiger partial charge >= 0.3 is 0 Å². The number of aromatic nitrogens is 1. The molecule has 1 amide bonds. The molecule has 7 nitrogen and oxygen atoms in total. The fourth-order valence-electron chi connectivity index (χ4n) is 3.68. The minimum atomic E-state index is -3.68. The molecule has 1 aromatic heterocycles. The van der Waals surface area contributed by atoms with E-state index in [0.717, 1.165) is 10.8 Å². The lowest BCUT2D eigenvalue weighted by atomic mass is 10.1. The highest BCUT2D eigenvalue weighted by atomic mass is 32.2. The summed E-state index contributed by atoms with van der Waals surface area (Å²) in [4.78, 5) is 19.0. The third-order valence-electron chi connectivity index (χ3n) is 5.36. The molecule has 1 aliphatic heterocycles. The van der Waals surface area contributed by atoms with Gasteiger partial charge in [0.2, 0.25) is 10.0 Å². The van der Waals surface area contributed by atoms with Crippen molar-refractivity contribution >= 4 is 26.7 Å². The summed E-state index contributed by atoms with van der Waals surface area (Å²) in [7, 11) is -3.68. The Bertz CT molecular complexity index is 1250. The number of fused-ring (bicyclic) bond motifs is 1. The highest BCUT2D eigenvalue weighted by Gasteiger charge is 2.34. The van der Waals surface area contributed by atoms with E-state index in [1.165, 1.54) is 28.6 Å². The minimum Gasteiger partial charge on any atom is -0.333 e. The molecule has 1 fully saturated rings. The van der Waals surface area contributed by atoms with Crippen LogP contribution in [0.5, 0.6) is 0 Å². The van der Waals surface area contributed by atoms with Crippen molar-refractivity contribution in [1.29, 1.82) is 5.26 Å². The lowest BCUT2D eigenvalue weighted by molar-refractivity contribution is 0.0591. The molecule has 8 heteroatoms. The van der Waals surface area contributed by atoms with Crippen molar-refractivity contribution < 1.29 is 13.2 Å². The van der Waals surface area contributed by atoms with E-state index in [1.807, 2.05) is 31.2 Å². The molecule has 0 radical (unpaired) electrons. The molecule has 3 aromatic rings. The maximum absolute atomic E-state index is 13.1. The van der Waals surface area contributed by atoms with Crippen molar-refractivity contribution in [3.05, 3.63) is 72.1 Å². The standard InChI is InChI=1S/C22H20N4O3S/c1-16-15-25(30(28,29)21-6-2-17(13-23)3-7-21)10-11-26(16)22(27)19-4-5-20-14-24-9-8-18(20)12-19/h2-9,12,14,16H,10-11,15H2,1H3. The topological polar surface area (TPSA) is 94.4 Å². The van der Waals surface area contributed by atoms with Gasteiger partial charge in [0.25, 0.3) is 5.91 Å². The van der Waals surface area contributed by atoms with E-state index >= 15 is 0 Å². The van der Waals surface area contributed by atoms with Crippen molar-refractivity contribution in [2.45, 2.75) is 17.9 Å². The van der Waals surface area contributed by atoms with Gasteiger partial charge in [-0.1, -0.05) is 6.07 Å². The van der Waals surface area contributed by atoms with E-state index in [-0.39, 0.29) is 29.9 Å². The smallest absolute Gasteiger partial charge is 0.254 e. The Morgan fingerprint density at radius 2 is 1.87 bits per heavy atom. The minimum absolute atomic E-state index is 0.114. The Balaban J connectivity index is 1.51. The average Bonchev–Trinajstić information content (AvgIpc) is 2.78. The lowest BCUT2D eigenvalue weighted by Crippen LogP contribution is -2.55. The van der Waals surface area contributed by atoms with Gasteiger partial charge in [0.15, 0.2) is 0 Å². The number of nitriles is 1. The first-order valence-corrected chi connectivity index (χ1v) is 11.0. The zero-order valence-electron chi connectivity index (χ0n) is 16.4. The number of piperazine rings is 1. The normalized spacial score (nSPS) is 17.6. The van der Waals surface area contributed by atoms with Crippen LogP contribution in [0, 0.1) is 11.3 Å². The number of benzene rings is 2. The lowest BCUT2D eigenvalue weighted by Gasteiger charge is -2.39. The van der Waals surface area contributed by atoms with Gasteiger partial charge in [0.1, 0.15) is 0 Å². The molecule has 4 rings (SSSR count). The third kappa shape index (κ3) is 3.65. The van der Waals surface area contributed by atoms with Crippen molar-refractivity contribution in [3.63, 3.8) is 0 Å². The summed E-state index contributed by atoms with van der Waals surface area (Å²) < 4.78 is 27.3. The van der Waals surface area contributed by atoms with Crippen molar-refractivity contribution in [2.75, 3.05) is 19.6 Å². The molecular weight excluding hydrogens is 400 g/mol. The van der Waals surface area contributed by atoms with Gasteiger partial charge in [-0.05, 0) is 54.8 Å². The van der Waals surface area contributed by atoms with E-state index in [9.17, 15) is 13.2 Å². The number of nitrogens with zero attached hydrogens (tertiary/aromatic N) is 4. The summed E-state index contributed by atoms with van der Waals surface area (Å²) >= 11 is 0. The summed E-state index contributed by atoms with van der Waals surface area (Å²) in [5, 5.41) is 10.8. The predicted molar refractivity (Wildman–Crippen MR) is 112 cm³/mol. The molecule has 1 saturated heterocycles. The average molecular weight is 420 g/mol. The van der Waals surface area contributed by atoms with E-state index in [2.05, 4.69) is 4.98 Å². The van der Waals surface area contributed by atoms with Crippen LogP contribution in [0.2, 0.25) is 0 Å². The Kier molecular flexibility index (Phi) is 5.24. The van der Waals surface area contributed by atoms with Crippen LogP contribution in [0.4, 0.5) is 0 Å². The maximum Gasteiger partial charge on any atom is 0.254 e. The number of carbonyl (C=O) groups excluding carboxylic acids is 1. The first-order valence-electron chi connectivity index (χ1n) is 9.55. The summed E-state index contributed by atoms with van der Waals surface area (Å²) in [6, 6.07) is 14.9. The van der Waals surface area contributed by atoms with Crippen LogP contribution in [0.1, 0.15) is 22.8 Å². The SMILES string of the molecule is CC1CN(S(=O)(=O)c2ccc(C#N)cc2)CCN1C(=O)c1ccc2cnccc2c1. The molecule has 1 aliphatic rings. The van der Waals surface area contributed by atoms with E-state index < -0.39 is 10.0 Å². The van der Waals surface area contributed by atoms with E-state index in [1.54, 1.807) is 23.4 Å². The Morgan fingerprint density at radius 3 is 2.57 bits per heavy atom. The fourth-order valence-corrected chi connectivity index (χ4v) is 5.19. The predicted octanol–water partition coefficient (Wildman–Crippen LogP) is 2.64. The van der Waals surface area contributed by atoms with Crippen molar-refractivity contribution in [2.24, 2.45) is 0 Å². The van der Waals surface area contributed by atoms with Gasteiger partial charge in [-0.3, -0.25) is 9.78 Å². The molecule has 2 aromatic carbocycles. The van der Waals surface area contributed by atoms with Gasteiger partial charge in [0, 0.05) is 49.0 Å². The van der Waals surface area contributed by atoms with Crippen molar-refractivity contribution in [3.8, 4) is 6.07 Å². The highest BCUT2D eigenvalue weighted by Crippen LogP contribution is 2.23. The van der Waals surface area contributed by atoms with Crippen LogP contribution in [0.25, 0.3) is 10.8 Å². The maximum atomic E-state index is 13.1. The number of hydrogen-bond acceptors (Lipinski definition) is 5. The first kappa shape index (κ1) is 20.0. The zero-order chi connectivity index (χ0) is 21.3. The van der Waals surface area contributed by atoms with Crippen LogP contribution >= 0.6 is 0 Å². The molecule has 0 aliphatic carbocycles. The molecule has 0 spiro atoms. The van der Waals surface area contributed by atoms with Crippen LogP contribution < -0.4 is 0 Å². The first-order chi connectivity index (χ1) is 14.4. The summed E-state index contributed by atoms with van der Waals surface area (Å²) in [6.45, 7) is 2.59. The van der Waals surface area contributed by atoms with E-state index in [0.29, 0.717) is 17.7 Å². The molecule has 0 N–H and O–H groups in total. The van der Waals surface area contributed by atoms with Gasteiger partial charge in [0.05, 0.1) is 16.5 Å². The second-order valence-electron chi connectivity index (χ2n) is 7.28. The number of pyridine rings is 1. The Labute approximate surface area is 175 Å². The van der Waals surface area contributed by atoms with Crippen molar-refractivity contribution in [1.82, 2.24) is 14.2 Å². The summed E-state index contributed by atoms with van der Waals surface area (Å²) in [5.41, 5.74) is 0.979. The Hall–Kier alpha value is -3.28. The molecule has 1 unspecified atom stereocenters. The fraction of sp³-hybridized carbons (Fsp3) is 0.227. The zero-order valence-corrected chi connectivity index (χ0v) is 17.2. The molecule has 1 atom stereocenters. The molecule has 2 heterocycles. The molecule has 30 heavy (non-hydrogen) atoms. The number of sulfonamides is 1.